The molecule has 0 saturated carbocycles. The zero-order valence-corrected chi connectivity index (χ0v) is 12.4. The van der Waals surface area contributed by atoms with Crippen LogP contribution in [-0.4, -0.2) is 27.0 Å². The van der Waals surface area contributed by atoms with Crippen molar-refractivity contribution in [3.05, 3.63) is 40.1 Å². The van der Waals surface area contributed by atoms with Gasteiger partial charge in [0, 0.05) is 24.2 Å². The van der Waals surface area contributed by atoms with E-state index in [0.29, 0.717) is 23.5 Å². The van der Waals surface area contributed by atoms with Crippen LogP contribution >= 0.6 is 22.9 Å². The van der Waals surface area contributed by atoms with Crippen LogP contribution in [0.5, 0.6) is 0 Å². The van der Waals surface area contributed by atoms with Gasteiger partial charge < -0.3 is 5.11 Å². The van der Waals surface area contributed by atoms with Gasteiger partial charge in [-0.15, -0.1) is 11.3 Å². The van der Waals surface area contributed by atoms with Crippen LogP contribution in [0.1, 0.15) is 28.9 Å². The molecule has 8 heteroatoms. The second-order valence-corrected chi connectivity index (χ2v) is 5.47. The first-order valence-electron chi connectivity index (χ1n) is 6.13. The minimum atomic E-state index is -0.828. The fraction of sp³-hybridized carbons (Fsp3) is 0.231. The van der Waals surface area contributed by atoms with Gasteiger partial charge in [0.1, 0.15) is 0 Å². The van der Waals surface area contributed by atoms with E-state index in [0.717, 1.165) is 5.69 Å². The molecule has 0 aliphatic rings. The molecule has 2 heterocycles. The maximum absolute atomic E-state index is 12.0. The molecule has 0 aromatic carbocycles. The maximum atomic E-state index is 12.0. The molecule has 2 rings (SSSR count). The number of rotatable bonds is 6. The molecule has 2 aromatic heterocycles. The third-order valence-electron chi connectivity index (χ3n) is 2.61. The van der Waals surface area contributed by atoms with Crippen molar-refractivity contribution in [2.24, 2.45) is 0 Å². The lowest BCUT2D eigenvalue weighted by Crippen LogP contribution is -2.12. The number of aryl methyl sites for hydroxylation is 1. The number of nitrogens with zero attached hydrogens (tertiary/aromatic N) is 2. The number of anilines is 1. The van der Waals surface area contributed by atoms with Crippen LogP contribution in [-0.2, 0) is 11.2 Å². The number of aliphatic carboxylic acids is 1. The summed E-state index contributed by atoms with van der Waals surface area (Å²) >= 11 is 7.18. The summed E-state index contributed by atoms with van der Waals surface area (Å²) in [5.41, 5.74) is 1.09. The predicted molar refractivity (Wildman–Crippen MR) is 79.9 cm³/mol. The zero-order chi connectivity index (χ0) is 15.2. The number of aromatic nitrogens is 2. The van der Waals surface area contributed by atoms with Crippen LogP contribution in [0.4, 0.5) is 5.13 Å². The molecule has 1 amide bonds. The van der Waals surface area contributed by atoms with E-state index < -0.39 is 5.97 Å². The average Bonchev–Trinajstić information content (AvgIpc) is 2.86. The summed E-state index contributed by atoms with van der Waals surface area (Å²) in [6.07, 6.45) is 4.07. The van der Waals surface area contributed by atoms with Crippen molar-refractivity contribution >= 4 is 39.9 Å². The smallest absolute Gasteiger partial charge is 0.303 e. The first kappa shape index (κ1) is 15.4. The number of amides is 1. The number of carboxylic acid groups (broad SMARTS) is 1. The summed E-state index contributed by atoms with van der Waals surface area (Å²) in [6, 6.07) is 1.53. The molecule has 0 bridgehead atoms. The average molecular weight is 326 g/mol. The van der Waals surface area contributed by atoms with Gasteiger partial charge in [-0.2, -0.15) is 0 Å². The van der Waals surface area contributed by atoms with Gasteiger partial charge in [0.15, 0.2) is 5.13 Å². The Bertz CT molecular complexity index is 660. The van der Waals surface area contributed by atoms with Gasteiger partial charge in [-0.1, -0.05) is 11.6 Å². The molecule has 0 fully saturated rings. The number of thiazole rings is 1. The number of carboxylic acids is 1. The summed E-state index contributed by atoms with van der Waals surface area (Å²) < 4.78 is 0. The number of carbonyl (C=O) groups is 2. The van der Waals surface area contributed by atoms with Crippen molar-refractivity contribution in [1.82, 2.24) is 9.97 Å². The SMILES string of the molecule is O=C(O)CCCc1csc(NC(=O)c2ccncc2Cl)n1. The Hall–Kier alpha value is -1.99. The number of carbonyl (C=O) groups excluding carboxylic acids is 1. The molecule has 2 aromatic rings. The second-order valence-electron chi connectivity index (χ2n) is 4.20. The molecule has 110 valence electrons. The second kappa shape index (κ2) is 7.14. The monoisotopic (exact) mass is 325 g/mol. The summed E-state index contributed by atoms with van der Waals surface area (Å²) in [7, 11) is 0. The van der Waals surface area contributed by atoms with Gasteiger partial charge >= 0.3 is 5.97 Å². The van der Waals surface area contributed by atoms with Crippen molar-refractivity contribution in [3.8, 4) is 0 Å². The van der Waals surface area contributed by atoms with Crippen molar-refractivity contribution < 1.29 is 14.7 Å². The Kier molecular flexibility index (Phi) is 5.24. The summed E-state index contributed by atoms with van der Waals surface area (Å²) in [5, 5.41) is 13.8. The van der Waals surface area contributed by atoms with E-state index in [4.69, 9.17) is 16.7 Å². The fourth-order valence-corrected chi connectivity index (χ4v) is 2.57. The van der Waals surface area contributed by atoms with Crippen LogP contribution in [0, 0.1) is 0 Å². The van der Waals surface area contributed by atoms with Gasteiger partial charge in [0.2, 0.25) is 0 Å². The molecule has 21 heavy (non-hydrogen) atoms. The van der Waals surface area contributed by atoms with E-state index in [1.165, 1.54) is 29.8 Å². The highest BCUT2D eigenvalue weighted by Gasteiger charge is 2.12. The Labute approximate surface area is 129 Å². The zero-order valence-electron chi connectivity index (χ0n) is 10.9. The van der Waals surface area contributed by atoms with Crippen molar-refractivity contribution in [1.29, 1.82) is 0 Å². The summed E-state index contributed by atoms with van der Waals surface area (Å²) in [6.45, 7) is 0. The molecule has 2 N–H and O–H groups in total. The van der Waals surface area contributed by atoms with Gasteiger partial charge in [0.25, 0.3) is 5.91 Å². The van der Waals surface area contributed by atoms with Crippen LogP contribution in [0.25, 0.3) is 0 Å². The van der Waals surface area contributed by atoms with Crippen molar-refractivity contribution in [2.75, 3.05) is 5.32 Å². The van der Waals surface area contributed by atoms with Gasteiger partial charge in [-0.05, 0) is 18.9 Å². The van der Waals surface area contributed by atoms with E-state index in [1.54, 1.807) is 5.38 Å². The number of hydrogen-bond donors (Lipinski definition) is 2. The highest BCUT2D eigenvalue weighted by Crippen LogP contribution is 2.20. The van der Waals surface area contributed by atoms with Gasteiger partial charge in [-0.3, -0.25) is 19.9 Å². The molecular formula is C13H12ClN3O3S. The minimum Gasteiger partial charge on any atom is -0.481 e. The quantitative estimate of drug-likeness (QED) is 0.852. The third-order valence-corrected chi connectivity index (χ3v) is 3.72. The standard InChI is InChI=1S/C13H12ClN3O3S/c14-10-6-15-5-4-9(10)12(20)17-13-16-8(7-21-13)2-1-3-11(18)19/h4-7H,1-3H2,(H,18,19)(H,16,17,20). The first-order chi connectivity index (χ1) is 10.1. The number of pyridine rings is 1. The van der Waals surface area contributed by atoms with Gasteiger partial charge in [-0.25, -0.2) is 4.98 Å². The van der Waals surface area contributed by atoms with E-state index in [-0.39, 0.29) is 17.4 Å². The molecule has 0 aliphatic heterocycles. The maximum Gasteiger partial charge on any atom is 0.303 e. The van der Waals surface area contributed by atoms with Crippen LogP contribution < -0.4 is 5.32 Å². The minimum absolute atomic E-state index is 0.103. The lowest BCUT2D eigenvalue weighted by Gasteiger charge is -2.02. The number of hydrogen-bond acceptors (Lipinski definition) is 5. The molecule has 0 unspecified atom stereocenters. The molecule has 6 nitrogen and oxygen atoms in total. The molecule has 0 aliphatic carbocycles. The lowest BCUT2D eigenvalue weighted by atomic mass is 10.2. The molecule has 0 spiro atoms. The van der Waals surface area contributed by atoms with Crippen molar-refractivity contribution in [3.63, 3.8) is 0 Å². The number of halogens is 1. The highest BCUT2D eigenvalue weighted by molar-refractivity contribution is 7.14. The van der Waals surface area contributed by atoms with E-state index in [2.05, 4.69) is 15.3 Å². The van der Waals surface area contributed by atoms with Gasteiger partial charge in [0.05, 0.1) is 16.3 Å². The van der Waals surface area contributed by atoms with Crippen LogP contribution in [0.2, 0.25) is 5.02 Å². The van der Waals surface area contributed by atoms with Crippen LogP contribution in [0.3, 0.4) is 0 Å². The lowest BCUT2D eigenvalue weighted by molar-refractivity contribution is -0.137. The normalized spacial score (nSPS) is 10.3. The molecule has 0 saturated heterocycles. The Morgan fingerprint density at radius 2 is 2.24 bits per heavy atom. The highest BCUT2D eigenvalue weighted by atomic mass is 35.5. The topological polar surface area (TPSA) is 92.2 Å². The Morgan fingerprint density at radius 1 is 1.43 bits per heavy atom. The van der Waals surface area contributed by atoms with Crippen molar-refractivity contribution in [2.45, 2.75) is 19.3 Å². The first-order valence-corrected chi connectivity index (χ1v) is 7.39. The largest absolute Gasteiger partial charge is 0.481 e. The summed E-state index contributed by atoms with van der Waals surface area (Å²) in [4.78, 5) is 30.5. The Balaban J connectivity index is 1.95. The molecular weight excluding hydrogens is 314 g/mol. The Morgan fingerprint density at radius 3 is 2.95 bits per heavy atom. The molecule has 0 radical (unpaired) electrons. The molecule has 0 atom stereocenters. The van der Waals surface area contributed by atoms with E-state index in [9.17, 15) is 9.59 Å². The predicted octanol–water partition coefficient (Wildman–Crippen LogP) is 2.85. The van der Waals surface area contributed by atoms with E-state index in [1.807, 2.05) is 0 Å². The number of nitrogens with one attached hydrogen (secondary N) is 1. The van der Waals surface area contributed by atoms with Crippen LogP contribution in [0.15, 0.2) is 23.8 Å². The summed E-state index contributed by atoms with van der Waals surface area (Å²) in [5.74, 6) is -1.18. The van der Waals surface area contributed by atoms with E-state index >= 15 is 0 Å². The third kappa shape index (κ3) is 4.51. The fourth-order valence-electron chi connectivity index (χ4n) is 1.62.